The van der Waals surface area contributed by atoms with Crippen LogP contribution in [0.3, 0.4) is 0 Å². The molecule has 3 N–H and O–H groups in total. The van der Waals surface area contributed by atoms with E-state index in [9.17, 15) is 14.4 Å². The molecular formula is C28H32N2O5. The van der Waals surface area contributed by atoms with Crippen LogP contribution >= 0.6 is 0 Å². The Kier molecular flexibility index (Phi) is 6.75. The molecule has 2 aromatic rings. The van der Waals surface area contributed by atoms with Gasteiger partial charge in [-0.05, 0) is 47.4 Å². The van der Waals surface area contributed by atoms with Gasteiger partial charge in [-0.15, -0.1) is 0 Å². The Morgan fingerprint density at radius 1 is 0.886 bits per heavy atom. The molecule has 0 saturated heterocycles. The fourth-order valence-corrected chi connectivity index (χ4v) is 5.72. The summed E-state index contributed by atoms with van der Waals surface area (Å²) in [6, 6.07) is 16.1. The summed E-state index contributed by atoms with van der Waals surface area (Å²) in [4.78, 5) is 36.8. The van der Waals surface area contributed by atoms with Gasteiger partial charge in [-0.2, -0.15) is 0 Å². The maximum Gasteiger partial charge on any atom is 0.407 e. The summed E-state index contributed by atoms with van der Waals surface area (Å²) in [5.74, 6) is -1.59. The maximum atomic E-state index is 12.9. The van der Waals surface area contributed by atoms with Crippen LogP contribution in [-0.2, 0) is 14.3 Å². The number of rotatable bonds is 7. The lowest BCUT2D eigenvalue weighted by molar-refractivity contribution is -0.139. The van der Waals surface area contributed by atoms with E-state index in [-0.39, 0.29) is 42.2 Å². The molecule has 2 amide bonds. The Hall–Kier alpha value is -3.35. The Balaban J connectivity index is 1.19. The number of fused-ring (bicyclic) bond motifs is 3. The lowest BCUT2D eigenvalue weighted by Gasteiger charge is -2.25. The molecule has 5 rings (SSSR count). The predicted octanol–water partition coefficient (Wildman–Crippen LogP) is 4.31. The highest BCUT2D eigenvalue weighted by Crippen LogP contribution is 2.44. The minimum Gasteiger partial charge on any atom is -0.481 e. The van der Waals surface area contributed by atoms with Gasteiger partial charge in [0.2, 0.25) is 5.91 Å². The van der Waals surface area contributed by atoms with Crippen molar-refractivity contribution in [3.63, 3.8) is 0 Å². The van der Waals surface area contributed by atoms with E-state index in [1.165, 1.54) is 11.1 Å². The number of nitrogens with one attached hydrogen (secondary N) is 2. The second-order valence-electron chi connectivity index (χ2n) is 10.0. The number of aliphatic carboxylic acids is 1. The van der Waals surface area contributed by atoms with Gasteiger partial charge in [-0.1, -0.05) is 67.8 Å². The highest BCUT2D eigenvalue weighted by Gasteiger charge is 2.43. The van der Waals surface area contributed by atoms with Crippen LogP contribution in [0.4, 0.5) is 4.79 Å². The average Bonchev–Trinajstić information content (AvgIpc) is 3.62. The van der Waals surface area contributed by atoms with Crippen molar-refractivity contribution in [2.75, 3.05) is 13.2 Å². The zero-order valence-corrected chi connectivity index (χ0v) is 19.7. The van der Waals surface area contributed by atoms with E-state index in [0.29, 0.717) is 19.4 Å². The highest BCUT2D eigenvalue weighted by atomic mass is 16.5. The van der Waals surface area contributed by atoms with Gasteiger partial charge in [0.05, 0.1) is 11.8 Å². The molecule has 0 heterocycles. The molecule has 0 radical (unpaired) electrons. The largest absolute Gasteiger partial charge is 0.481 e. The van der Waals surface area contributed by atoms with Crippen molar-refractivity contribution in [1.82, 2.24) is 10.6 Å². The summed E-state index contributed by atoms with van der Waals surface area (Å²) in [7, 11) is 0. The number of hydrogen-bond acceptors (Lipinski definition) is 4. The number of hydrogen-bond donors (Lipinski definition) is 3. The monoisotopic (exact) mass is 476 g/mol. The van der Waals surface area contributed by atoms with Gasteiger partial charge < -0.3 is 20.5 Å². The summed E-state index contributed by atoms with van der Waals surface area (Å²) >= 11 is 0. The van der Waals surface area contributed by atoms with Crippen molar-refractivity contribution in [2.45, 2.75) is 50.5 Å². The van der Waals surface area contributed by atoms with Gasteiger partial charge >= 0.3 is 12.1 Å². The van der Waals surface area contributed by atoms with Crippen LogP contribution in [0.25, 0.3) is 11.1 Å². The summed E-state index contributed by atoms with van der Waals surface area (Å²) in [6.45, 7) is 0.617. The topological polar surface area (TPSA) is 105 Å². The first kappa shape index (κ1) is 23.4. The molecule has 2 saturated carbocycles. The third kappa shape index (κ3) is 5.04. The van der Waals surface area contributed by atoms with Gasteiger partial charge in [0, 0.05) is 18.5 Å². The Morgan fingerprint density at radius 2 is 1.54 bits per heavy atom. The Bertz CT molecular complexity index is 1070. The number of carboxylic acids is 1. The molecule has 3 aliphatic rings. The van der Waals surface area contributed by atoms with Crippen LogP contribution in [0.2, 0.25) is 0 Å². The molecule has 0 spiro atoms. The predicted molar refractivity (Wildman–Crippen MR) is 131 cm³/mol. The SMILES string of the molecule is O=C(NC1CCCCCC1C(=O)NC[C@@H]1C[C@@H]1C(=O)O)OCC1c2ccccc2-c2ccccc21. The molecule has 7 heteroatoms. The fraction of sp³-hybridized carbons (Fsp3) is 0.464. The van der Waals surface area contributed by atoms with Crippen molar-refractivity contribution in [3.8, 4) is 11.1 Å². The zero-order valence-electron chi connectivity index (χ0n) is 19.7. The van der Waals surface area contributed by atoms with Crippen molar-refractivity contribution in [1.29, 1.82) is 0 Å². The lowest BCUT2D eigenvalue weighted by atomic mass is 9.93. The third-order valence-electron chi connectivity index (χ3n) is 7.78. The molecule has 2 fully saturated rings. The van der Waals surface area contributed by atoms with E-state index in [1.807, 2.05) is 24.3 Å². The van der Waals surface area contributed by atoms with Crippen LogP contribution in [0.15, 0.2) is 48.5 Å². The van der Waals surface area contributed by atoms with Gasteiger partial charge in [-0.3, -0.25) is 9.59 Å². The first-order valence-corrected chi connectivity index (χ1v) is 12.6. The van der Waals surface area contributed by atoms with Crippen LogP contribution in [0, 0.1) is 17.8 Å². The summed E-state index contributed by atoms with van der Waals surface area (Å²) in [5.41, 5.74) is 4.68. The normalized spacial score (nSPS) is 25.0. The molecule has 0 aliphatic heterocycles. The summed E-state index contributed by atoms with van der Waals surface area (Å²) in [5, 5.41) is 15.0. The van der Waals surface area contributed by atoms with Crippen LogP contribution in [-0.4, -0.2) is 42.3 Å². The average molecular weight is 477 g/mol. The summed E-state index contributed by atoms with van der Waals surface area (Å²) < 4.78 is 5.71. The van der Waals surface area contributed by atoms with E-state index in [2.05, 4.69) is 34.9 Å². The minimum atomic E-state index is -0.798. The second-order valence-corrected chi connectivity index (χ2v) is 10.0. The van der Waals surface area contributed by atoms with Crippen LogP contribution in [0.5, 0.6) is 0 Å². The van der Waals surface area contributed by atoms with Crippen molar-refractivity contribution >= 4 is 18.0 Å². The Labute approximate surface area is 205 Å². The number of amides is 2. The van der Waals surface area contributed by atoms with Crippen LogP contribution in [0.1, 0.15) is 55.6 Å². The quantitative estimate of drug-likeness (QED) is 0.517. The summed E-state index contributed by atoms with van der Waals surface area (Å²) in [6.07, 6.45) is 4.45. The first-order chi connectivity index (χ1) is 17.0. The number of ether oxygens (including phenoxy) is 1. The Morgan fingerprint density at radius 3 is 2.20 bits per heavy atom. The molecule has 3 aliphatic carbocycles. The minimum absolute atomic E-state index is 0.00997. The lowest BCUT2D eigenvalue weighted by Crippen LogP contribution is -2.47. The molecule has 184 valence electrons. The molecule has 2 unspecified atom stereocenters. The van der Waals surface area contributed by atoms with Crippen molar-refractivity contribution in [2.24, 2.45) is 17.8 Å². The molecule has 0 aromatic heterocycles. The standard InChI is InChI=1S/C28H32N2O5/c31-26(29-15-17-14-23(17)27(32)33)22-12-2-1-3-13-25(22)30-28(34)35-16-24-20-10-6-4-8-18(20)19-9-5-7-11-21(19)24/h4-11,17,22-25H,1-3,12-16H2,(H,29,31)(H,30,34)(H,32,33)/t17-,22?,23-,25?/m0/s1. The smallest absolute Gasteiger partial charge is 0.407 e. The maximum absolute atomic E-state index is 12.9. The van der Waals surface area contributed by atoms with E-state index in [4.69, 9.17) is 9.84 Å². The first-order valence-electron chi connectivity index (χ1n) is 12.6. The van der Waals surface area contributed by atoms with Gasteiger partial charge in [0.25, 0.3) is 0 Å². The molecule has 2 aromatic carbocycles. The third-order valence-corrected chi connectivity index (χ3v) is 7.78. The molecule has 7 nitrogen and oxygen atoms in total. The van der Waals surface area contributed by atoms with Crippen molar-refractivity contribution < 1.29 is 24.2 Å². The van der Waals surface area contributed by atoms with Crippen LogP contribution < -0.4 is 10.6 Å². The number of alkyl carbamates (subject to hydrolysis) is 1. The van der Waals surface area contributed by atoms with E-state index in [0.717, 1.165) is 36.8 Å². The van der Waals surface area contributed by atoms with Gasteiger partial charge in [-0.25, -0.2) is 4.79 Å². The van der Waals surface area contributed by atoms with E-state index < -0.39 is 12.1 Å². The number of benzene rings is 2. The number of carbonyl (C=O) groups is 3. The second kappa shape index (κ2) is 10.1. The number of carbonyl (C=O) groups excluding carboxylic acids is 2. The molecular weight excluding hydrogens is 444 g/mol. The van der Waals surface area contributed by atoms with Gasteiger partial charge in [0.15, 0.2) is 0 Å². The highest BCUT2D eigenvalue weighted by molar-refractivity contribution is 5.81. The number of carboxylic acid groups (broad SMARTS) is 1. The molecule has 4 atom stereocenters. The van der Waals surface area contributed by atoms with E-state index >= 15 is 0 Å². The fourth-order valence-electron chi connectivity index (χ4n) is 5.72. The molecule has 35 heavy (non-hydrogen) atoms. The van der Waals surface area contributed by atoms with Crippen molar-refractivity contribution in [3.05, 3.63) is 59.7 Å². The zero-order chi connectivity index (χ0) is 24.4. The van der Waals surface area contributed by atoms with E-state index in [1.54, 1.807) is 0 Å². The van der Waals surface area contributed by atoms with Gasteiger partial charge in [0.1, 0.15) is 6.61 Å². The molecule has 0 bridgehead atoms.